The smallest absolute Gasteiger partial charge is 0.428 e. The molecule has 1 aromatic rings. The zero-order chi connectivity index (χ0) is 15.5. The summed E-state index contributed by atoms with van der Waals surface area (Å²) in [5.74, 6) is -2.68. The molecule has 0 aromatic heterocycles. The van der Waals surface area contributed by atoms with E-state index in [0.717, 1.165) is 17.1 Å². The van der Waals surface area contributed by atoms with Crippen molar-refractivity contribution >= 4 is 12.0 Å². The molecule has 0 saturated heterocycles. The Bertz CT molecular complexity index is 527. The van der Waals surface area contributed by atoms with E-state index in [2.05, 4.69) is 5.43 Å². The third kappa shape index (κ3) is 4.49. The number of nitrogens with zero attached hydrogens (tertiary/aromatic N) is 1. The number of amides is 2. The van der Waals surface area contributed by atoms with E-state index in [4.69, 9.17) is 4.74 Å². The predicted octanol–water partition coefficient (Wildman–Crippen LogP) is 2.48. The molecule has 7 heteroatoms. The van der Waals surface area contributed by atoms with Gasteiger partial charge in [0.15, 0.2) is 0 Å². The number of halogens is 2. The average Bonchev–Trinajstić information content (AvgIpc) is 2.26. The molecular formula is C13H16F2N2O3. The van der Waals surface area contributed by atoms with Crippen LogP contribution in [-0.2, 0) is 4.74 Å². The minimum atomic E-state index is -1.01. The molecule has 0 unspecified atom stereocenters. The van der Waals surface area contributed by atoms with E-state index < -0.39 is 29.2 Å². The Morgan fingerprint density at radius 3 is 2.35 bits per heavy atom. The van der Waals surface area contributed by atoms with E-state index in [-0.39, 0.29) is 5.56 Å². The van der Waals surface area contributed by atoms with Gasteiger partial charge in [0.1, 0.15) is 17.2 Å². The number of hydrogen-bond donors (Lipinski definition) is 1. The number of carbonyl (C=O) groups excluding carboxylic acids is 2. The van der Waals surface area contributed by atoms with Crippen LogP contribution in [-0.4, -0.2) is 29.7 Å². The molecule has 0 bridgehead atoms. The molecule has 0 saturated carbocycles. The van der Waals surface area contributed by atoms with Crippen LogP contribution in [0.4, 0.5) is 13.6 Å². The van der Waals surface area contributed by atoms with E-state index in [1.54, 1.807) is 20.8 Å². The van der Waals surface area contributed by atoms with Gasteiger partial charge in [0.25, 0.3) is 5.91 Å². The van der Waals surface area contributed by atoms with Crippen LogP contribution >= 0.6 is 0 Å². The SMILES string of the molecule is CN(NC(=O)c1ccc(F)cc1F)C(=O)OC(C)(C)C. The Labute approximate surface area is 115 Å². The number of ether oxygens (including phenoxy) is 1. The van der Waals surface area contributed by atoms with E-state index in [9.17, 15) is 18.4 Å². The molecule has 110 valence electrons. The van der Waals surface area contributed by atoms with Gasteiger partial charge in [-0.15, -0.1) is 0 Å². The standard InChI is InChI=1S/C13H16F2N2O3/c1-13(2,3)20-12(19)17(4)16-11(18)9-6-5-8(14)7-10(9)15/h5-7H,1-4H3,(H,16,18). The summed E-state index contributed by atoms with van der Waals surface area (Å²) in [4.78, 5) is 23.3. The Morgan fingerprint density at radius 2 is 1.85 bits per heavy atom. The van der Waals surface area contributed by atoms with Gasteiger partial charge in [0.05, 0.1) is 5.56 Å². The number of nitrogens with one attached hydrogen (secondary N) is 1. The van der Waals surface area contributed by atoms with E-state index in [0.29, 0.717) is 6.07 Å². The van der Waals surface area contributed by atoms with Gasteiger partial charge in [0.2, 0.25) is 0 Å². The van der Waals surface area contributed by atoms with Gasteiger partial charge in [0, 0.05) is 13.1 Å². The third-order valence-corrected chi connectivity index (χ3v) is 2.11. The highest BCUT2D eigenvalue weighted by Gasteiger charge is 2.22. The lowest BCUT2D eigenvalue weighted by atomic mass is 10.2. The molecule has 0 aliphatic rings. The second-order valence-electron chi connectivity index (χ2n) is 5.10. The molecule has 1 aromatic carbocycles. The number of hydrogen-bond acceptors (Lipinski definition) is 3. The van der Waals surface area contributed by atoms with Crippen molar-refractivity contribution in [2.45, 2.75) is 26.4 Å². The van der Waals surface area contributed by atoms with Crippen molar-refractivity contribution in [2.24, 2.45) is 0 Å². The third-order valence-electron chi connectivity index (χ3n) is 2.11. The van der Waals surface area contributed by atoms with E-state index in [1.165, 1.54) is 7.05 Å². The van der Waals surface area contributed by atoms with Gasteiger partial charge < -0.3 is 4.74 Å². The molecule has 0 spiro atoms. The fourth-order valence-corrected chi connectivity index (χ4v) is 1.26. The van der Waals surface area contributed by atoms with Gasteiger partial charge in [-0.25, -0.2) is 18.6 Å². The maximum absolute atomic E-state index is 13.4. The van der Waals surface area contributed by atoms with Crippen molar-refractivity contribution in [3.8, 4) is 0 Å². The number of rotatable bonds is 1. The molecule has 1 N–H and O–H groups in total. The molecule has 1 rings (SSSR count). The van der Waals surface area contributed by atoms with Crippen molar-refractivity contribution in [3.63, 3.8) is 0 Å². The maximum atomic E-state index is 13.4. The Hall–Kier alpha value is -2.18. The quantitative estimate of drug-likeness (QED) is 0.807. The first-order chi connectivity index (χ1) is 9.10. The molecule has 0 radical (unpaired) electrons. The van der Waals surface area contributed by atoms with Gasteiger partial charge in [-0.2, -0.15) is 0 Å². The van der Waals surface area contributed by atoms with Crippen LogP contribution in [0.2, 0.25) is 0 Å². The molecular weight excluding hydrogens is 270 g/mol. The molecule has 0 fully saturated rings. The van der Waals surface area contributed by atoms with Crippen molar-refractivity contribution < 1.29 is 23.1 Å². The fourth-order valence-electron chi connectivity index (χ4n) is 1.26. The first-order valence-electron chi connectivity index (χ1n) is 5.83. The van der Waals surface area contributed by atoms with Crippen molar-refractivity contribution in [1.29, 1.82) is 0 Å². The molecule has 20 heavy (non-hydrogen) atoms. The summed E-state index contributed by atoms with van der Waals surface area (Å²) in [6, 6.07) is 2.52. The Morgan fingerprint density at radius 1 is 1.25 bits per heavy atom. The van der Waals surface area contributed by atoms with Crippen LogP contribution in [0.25, 0.3) is 0 Å². The van der Waals surface area contributed by atoms with Crippen LogP contribution in [0.3, 0.4) is 0 Å². The first-order valence-corrected chi connectivity index (χ1v) is 5.83. The lowest BCUT2D eigenvalue weighted by molar-refractivity contribution is 0.0194. The molecule has 0 aliphatic heterocycles. The summed E-state index contributed by atoms with van der Waals surface area (Å²) in [5.41, 5.74) is 1.04. The predicted molar refractivity (Wildman–Crippen MR) is 67.8 cm³/mol. The minimum absolute atomic E-state index is 0.373. The normalized spacial score (nSPS) is 10.9. The zero-order valence-corrected chi connectivity index (χ0v) is 11.7. The number of carbonyl (C=O) groups is 2. The molecule has 5 nitrogen and oxygen atoms in total. The fraction of sp³-hybridized carbons (Fsp3) is 0.385. The van der Waals surface area contributed by atoms with Crippen LogP contribution < -0.4 is 5.43 Å². The highest BCUT2D eigenvalue weighted by Crippen LogP contribution is 2.11. The summed E-state index contributed by atoms with van der Waals surface area (Å²) in [5, 5.41) is 0.788. The second-order valence-corrected chi connectivity index (χ2v) is 5.10. The lowest BCUT2D eigenvalue weighted by Crippen LogP contribution is -2.45. The highest BCUT2D eigenvalue weighted by molar-refractivity contribution is 5.95. The first kappa shape index (κ1) is 15.9. The van der Waals surface area contributed by atoms with E-state index >= 15 is 0 Å². The van der Waals surface area contributed by atoms with Gasteiger partial charge in [-0.3, -0.25) is 10.2 Å². The van der Waals surface area contributed by atoms with Gasteiger partial charge in [-0.05, 0) is 32.9 Å². The molecule has 0 heterocycles. The van der Waals surface area contributed by atoms with Crippen molar-refractivity contribution in [3.05, 3.63) is 35.4 Å². The summed E-state index contributed by atoms with van der Waals surface area (Å²) in [7, 11) is 1.26. The topological polar surface area (TPSA) is 58.6 Å². The highest BCUT2D eigenvalue weighted by atomic mass is 19.1. The summed E-state index contributed by atoms with van der Waals surface area (Å²) >= 11 is 0. The lowest BCUT2D eigenvalue weighted by Gasteiger charge is -2.24. The zero-order valence-electron chi connectivity index (χ0n) is 11.7. The Kier molecular flexibility index (Phi) is 4.65. The summed E-state index contributed by atoms with van der Waals surface area (Å²) in [6.07, 6.45) is -0.798. The maximum Gasteiger partial charge on any atom is 0.428 e. The van der Waals surface area contributed by atoms with Crippen LogP contribution in [0, 0.1) is 11.6 Å². The van der Waals surface area contributed by atoms with Crippen LogP contribution in [0.5, 0.6) is 0 Å². The van der Waals surface area contributed by atoms with Crippen molar-refractivity contribution in [1.82, 2.24) is 10.4 Å². The second kappa shape index (κ2) is 5.85. The summed E-state index contributed by atoms with van der Waals surface area (Å²) in [6.45, 7) is 5.00. The monoisotopic (exact) mass is 286 g/mol. The molecule has 0 atom stereocenters. The summed E-state index contributed by atoms with van der Waals surface area (Å²) < 4.78 is 31.1. The average molecular weight is 286 g/mol. The van der Waals surface area contributed by atoms with E-state index in [1.807, 2.05) is 0 Å². The number of benzene rings is 1. The minimum Gasteiger partial charge on any atom is -0.442 e. The van der Waals surface area contributed by atoms with Crippen molar-refractivity contribution in [2.75, 3.05) is 7.05 Å². The molecule has 0 aliphatic carbocycles. The Balaban J connectivity index is 2.73. The van der Waals surface area contributed by atoms with Crippen LogP contribution in [0.15, 0.2) is 18.2 Å². The molecule has 2 amide bonds. The van der Waals surface area contributed by atoms with Gasteiger partial charge in [-0.1, -0.05) is 0 Å². The largest absolute Gasteiger partial charge is 0.442 e. The number of hydrazine groups is 1. The van der Waals surface area contributed by atoms with Crippen LogP contribution in [0.1, 0.15) is 31.1 Å². The van der Waals surface area contributed by atoms with Gasteiger partial charge >= 0.3 is 6.09 Å².